The molecule has 3 aliphatic rings. The second-order valence-corrected chi connectivity index (χ2v) is 25.7. The fraction of sp³-hybridized carbons (Fsp3) is 0.108. The van der Waals surface area contributed by atoms with E-state index in [0.29, 0.717) is 0 Å². The number of rotatable bonds is 7. The van der Waals surface area contributed by atoms with E-state index < -0.39 is 0 Å². The van der Waals surface area contributed by atoms with Crippen LogP contribution in [0, 0.1) is 0 Å². The van der Waals surface area contributed by atoms with E-state index in [9.17, 15) is 0 Å². The summed E-state index contributed by atoms with van der Waals surface area (Å²) in [6.07, 6.45) is 4.52. The van der Waals surface area contributed by atoms with Crippen LogP contribution in [0.1, 0.15) is 86.1 Å². The zero-order valence-electron chi connectivity index (χ0n) is 48.8. The van der Waals surface area contributed by atoms with E-state index >= 15 is 0 Å². The minimum absolute atomic E-state index is 0.0706. The molecule has 0 amide bonds. The van der Waals surface area contributed by atoms with Crippen LogP contribution in [0.5, 0.6) is 0 Å². The zero-order chi connectivity index (χ0) is 57.1. The molecule has 0 spiro atoms. The number of nitrogens with zero attached hydrogens (tertiary/aromatic N) is 2. The summed E-state index contributed by atoms with van der Waals surface area (Å²) >= 11 is 0. The molecule has 0 aliphatic heterocycles. The van der Waals surface area contributed by atoms with Gasteiger partial charge in [-0.3, -0.25) is 0 Å². The van der Waals surface area contributed by atoms with Crippen LogP contribution >= 0.6 is 0 Å². The minimum atomic E-state index is -0.183. The van der Waals surface area contributed by atoms with Crippen molar-refractivity contribution < 1.29 is 0 Å². The van der Waals surface area contributed by atoms with Gasteiger partial charge in [-0.15, -0.1) is 0 Å². The first-order valence-electron chi connectivity index (χ1n) is 30.1. The standard InChI is InChI=1S/C83H62N2/c1-81(2)71-21-13-10-18-61(71)66-41-36-60(50-76(66)81)85-78-23-15-12-20-68(78)70-46-55(35-43-80(70)85)56-31-38-64-65-40-33-58(49-75(65)83(5,6)74(64)47-56)57-32-39-63-62-37-28-52(44-72(62)82(3,4)73(63)48-57)25-24-51-26-29-53(30-27-51)54-34-42-79-69(45-54)67-19-11-14-22-77(67)84(79)59-16-8-7-9-17-59/h7-50H,1-6H3/b25-24+. The van der Waals surface area contributed by atoms with E-state index in [1.54, 1.807) is 0 Å². The van der Waals surface area contributed by atoms with Gasteiger partial charge >= 0.3 is 0 Å². The predicted octanol–water partition coefficient (Wildman–Crippen LogP) is 22.0. The number of para-hydroxylation sites is 3. The van der Waals surface area contributed by atoms with Crippen LogP contribution in [0.15, 0.2) is 255 Å². The van der Waals surface area contributed by atoms with Crippen molar-refractivity contribution in [3.63, 3.8) is 0 Å². The van der Waals surface area contributed by atoms with Gasteiger partial charge in [-0.05, 0) is 190 Å². The number of aromatic nitrogens is 2. The molecule has 2 heterocycles. The van der Waals surface area contributed by atoms with E-state index in [-0.39, 0.29) is 16.2 Å². The molecule has 12 aromatic carbocycles. The van der Waals surface area contributed by atoms with E-state index in [0.717, 1.165) is 0 Å². The van der Waals surface area contributed by atoms with Gasteiger partial charge in [-0.2, -0.15) is 0 Å². The van der Waals surface area contributed by atoms with Crippen molar-refractivity contribution in [1.29, 1.82) is 0 Å². The van der Waals surface area contributed by atoms with Gasteiger partial charge < -0.3 is 9.13 Å². The van der Waals surface area contributed by atoms with Gasteiger partial charge in [0.15, 0.2) is 0 Å². The lowest BCUT2D eigenvalue weighted by Gasteiger charge is -2.24. The third-order valence-electron chi connectivity index (χ3n) is 19.9. The first kappa shape index (κ1) is 49.6. The quantitative estimate of drug-likeness (QED) is 0.141. The normalized spacial score (nSPS) is 14.7. The Balaban J connectivity index is 0.629. The first-order valence-corrected chi connectivity index (χ1v) is 30.1. The van der Waals surface area contributed by atoms with Gasteiger partial charge in [-0.1, -0.05) is 230 Å². The fourth-order valence-electron chi connectivity index (χ4n) is 15.4. The minimum Gasteiger partial charge on any atom is -0.309 e. The van der Waals surface area contributed by atoms with E-state index in [1.807, 2.05) is 0 Å². The summed E-state index contributed by atoms with van der Waals surface area (Å²) in [5, 5.41) is 5.08. The monoisotopic (exact) mass is 1090 g/mol. The van der Waals surface area contributed by atoms with Gasteiger partial charge in [0, 0.05) is 49.2 Å². The zero-order valence-corrected chi connectivity index (χ0v) is 48.8. The van der Waals surface area contributed by atoms with Gasteiger partial charge in [0.2, 0.25) is 0 Å². The Kier molecular flexibility index (Phi) is 10.5. The molecule has 0 fully saturated rings. The summed E-state index contributed by atoms with van der Waals surface area (Å²) in [5.74, 6) is 0. The maximum atomic E-state index is 2.48. The van der Waals surface area contributed by atoms with Gasteiger partial charge in [0.1, 0.15) is 0 Å². The molecular weight excluding hydrogens is 1020 g/mol. The molecule has 0 radical (unpaired) electrons. The molecular formula is C83H62N2. The summed E-state index contributed by atoms with van der Waals surface area (Å²) in [6, 6.07) is 95.9. The number of benzene rings is 12. The van der Waals surface area contributed by atoms with Gasteiger partial charge in [0.25, 0.3) is 0 Å². The second-order valence-electron chi connectivity index (χ2n) is 25.7. The van der Waals surface area contributed by atoms with E-state index in [1.165, 1.54) is 166 Å². The molecule has 404 valence electrons. The SMILES string of the molecule is CC1(C)c2cc(/C=C/c3ccc(-c4ccc5c(c4)c4ccccc4n5-c4ccccc4)cc3)ccc2-c2ccc(-c3ccc4c(c3)C(C)(C)c3cc(-c5ccc6c(c5)c5ccccc5n6-c5ccc6c(c5)C(C)(C)c5ccccc5-6)ccc3-4)cc21. The summed E-state index contributed by atoms with van der Waals surface area (Å²) in [4.78, 5) is 0. The van der Waals surface area contributed by atoms with Crippen LogP contribution in [0.2, 0.25) is 0 Å². The van der Waals surface area contributed by atoms with Crippen molar-refractivity contribution in [3.05, 3.63) is 299 Å². The molecule has 14 aromatic rings. The van der Waals surface area contributed by atoms with E-state index in [4.69, 9.17) is 0 Å². The smallest absolute Gasteiger partial charge is 0.0541 e. The number of hydrogen-bond donors (Lipinski definition) is 0. The lowest BCUT2D eigenvalue weighted by atomic mass is 9.79. The van der Waals surface area contributed by atoms with Crippen molar-refractivity contribution >= 4 is 55.8 Å². The first-order chi connectivity index (χ1) is 41.4. The third-order valence-corrected chi connectivity index (χ3v) is 19.9. The lowest BCUT2D eigenvalue weighted by Crippen LogP contribution is -2.15. The Labute approximate surface area is 497 Å². The predicted molar refractivity (Wildman–Crippen MR) is 359 cm³/mol. The molecule has 0 atom stereocenters. The third kappa shape index (κ3) is 7.31. The molecule has 0 saturated heterocycles. The van der Waals surface area contributed by atoms with Crippen molar-refractivity contribution in [3.8, 4) is 78.1 Å². The highest BCUT2D eigenvalue weighted by atomic mass is 15.0. The largest absolute Gasteiger partial charge is 0.309 e. The summed E-state index contributed by atoms with van der Waals surface area (Å²) in [6.45, 7) is 14.4. The maximum absolute atomic E-state index is 2.48. The van der Waals surface area contributed by atoms with Crippen molar-refractivity contribution in [2.24, 2.45) is 0 Å². The average Bonchev–Trinajstić information content (AvgIpc) is 1.79. The molecule has 17 rings (SSSR count). The van der Waals surface area contributed by atoms with Crippen LogP contribution in [0.25, 0.3) is 134 Å². The highest BCUT2D eigenvalue weighted by molar-refractivity contribution is 6.12. The van der Waals surface area contributed by atoms with Crippen molar-refractivity contribution in [1.82, 2.24) is 9.13 Å². The molecule has 3 aliphatic carbocycles. The second kappa shape index (κ2) is 18.0. The van der Waals surface area contributed by atoms with E-state index in [2.05, 4.69) is 318 Å². The highest BCUT2D eigenvalue weighted by Gasteiger charge is 2.39. The number of hydrogen-bond acceptors (Lipinski definition) is 0. The Morgan fingerprint density at radius 1 is 0.235 bits per heavy atom. The summed E-state index contributed by atoms with van der Waals surface area (Å²) < 4.78 is 4.84. The summed E-state index contributed by atoms with van der Waals surface area (Å²) in [7, 11) is 0. The Morgan fingerprint density at radius 3 is 1.18 bits per heavy atom. The van der Waals surface area contributed by atoms with Crippen molar-refractivity contribution in [2.45, 2.75) is 57.8 Å². The molecule has 2 aromatic heterocycles. The molecule has 85 heavy (non-hydrogen) atoms. The summed E-state index contributed by atoms with van der Waals surface area (Å²) in [5.41, 5.74) is 33.0. The topological polar surface area (TPSA) is 9.86 Å². The Hall–Kier alpha value is -10.0. The molecule has 2 heteroatoms. The van der Waals surface area contributed by atoms with Crippen molar-refractivity contribution in [2.75, 3.05) is 0 Å². The maximum Gasteiger partial charge on any atom is 0.0541 e. The van der Waals surface area contributed by atoms with Gasteiger partial charge in [-0.25, -0.2) is 0 Å². The molecule has 2 nitrogen and oxygen atoms in total. The molecule has 0 unspecified atom stereocenters. The number of fused-ring (bicyclic) bond motifs is 15. The Morgan fingerprint density at radius 2 is 0.600 bits per heavy atom. The van der Waals surface area contributed by atoms with Crippen LogP contribution in [-0.4, -0.2) is 9.13 Å². The van der Waals surface area contributed by atoms with Gasteiger partial charge in [0.05, 0.1) is 22.1 Å². The average molecular weight is 1090 g/mol. The van der Waals surface area contributed by atoms with Crippen LogP contribution < -0.4 is 0 Å². The highest BCUT2D eigenvalue weighted by Crippen LogP contribution is 2.54. The fourth-order valence-corrected chi connectivity index (χ4v) is 15.4. The lowest BCUT2D eigenvalue weighted by molar-refractivity contribution is 0.659. The Bertz CT molecular complexity index is 5190. The van der Waals surface area contributed by atoms with Crippen LogP contribution in [0.3, 0.4) is 0 Å². The van der Waals surface area contributed by atoms with Crippen LogP contribution in [-0.2, 0) is 16.2 Å². The van der Waals surface area contributed by atoms with Crippen LogP contribution in [0.4, 0.5) is 0 Å². The molecule has 0 saturated carbocycles. The molecule has 0 bridgehead atoms. The molecule has 0 N–H and O–H groups in total.